The molecule has 0 radical (unpaired) electrons. The van der Waals surface area contributed by atoms with E-state index in [4.69, 9.17) is 10.8 Å². The fourth-order valence-electron chi connectivity index (χ4n) is 3.17. The van der Waals surface area contributed by atoms with E-state index < -0.39 is 11.8 Å². The summed E-state index contributed by atoms with van der Waals surface area (Å²) in [5.41, 5.74) is 8.62. The number of aryl methyl sites for hydroxylation is 1. The Hall–Kier alpha value is -4.14. The van der Waals surface area contributed by atoms with Crippen LogP contribution in [-0.4, -0.2) is 38.7 Å². The molecule has 0 bridgehead atoms. The van der Waals surface area contributed by atoms with E-state index in [0.29, 0.717) is 11.4 Å². The maximum Gasteiger partial charge on any atom is 0.335 e. The molecule has 4 rings (SSSR count). The summed E-state index contributed by atoms with van der Waals surface area (Å²) in [6.45, 7) is 1.86. The zero-order valence-corrected chi connectivity index (χ0v) is 16.8. The largest absolute Gasteiger partial charge is 0.478 e. The van der Waals surface area contributed by atoms with Gasteiger partial charge in [-0.2, -0.15) is 5.10 Å². The highest BCUT2D eigenvalue weighted by atomic mass is 16.4. The molecule has 1 aliphatic carbocycles. The van der Waals surface area contributed by atoms with E-state index in [9.17, 15) is 14.4 Å². The van der Waals surface area contributed by atoms with Gasteiger partial charge in [-0.15, -0.1) is 0 Å². The first-order valence-corrected chi connectivity index (χ1v) is 9.73. The lowest BCUT2D eigenvalue weighted by atomic mass is 10.0. The van der Waals surface area contributed by atoms with Crippen molar-refractivity contribution in [3.05, 3.63) is 70.9 Å². The fraction of sp³-hybridized carbons (Fsp3) is 0.182. The number of nitrogens with zero attached hydrogens (tertiary/aromatic N) is 2. The molecule has 0 unspecified atom stereocenters. The van der Waals surface area contributed by atoms with Gasteiger partial charge in [0, 0.05) is 17.3 Å². The smallest absolute Gasteiger partial charge is 0.335 e. The van der Waals surface area contributed by atoms with Crippen molar-refractivity contribution in [2.45, 2.75) is 25.8 Å². The number of anilines is 2. The minimum absolute atomic E-state index is 0.0101. The minimum atomic E-state index is -1.12. The second-order valence-electron chi connectivity index (χ2n) is 7.44. The van der Waals surface area contributed by atoms with Crippen molar-refractivity contribution >= 4 is 29.3 Å². The van der Waals surface area contributed by atoms with Gasteiger partial charge in [-0.1, -0.05) is 18.2 Å². The van der Waals surface area contributed by atoms with Gasteiger partial charge >= 0.3 is 12.0 Å². The van der Waals surface area contributed by atoms with Crippen LogP contribution in [0.25, 0.3) is 5.69 Å². The molecule has 9 nitrogen and oxygen atoms in total. The van der Waals surface area contributed by atoms with Gasteiger partial charge in [0.15, 0.2) is 5.78 Å². The van der Waals surface area contributed by atoms with Gasteiger partial charge in [0.25, 0.3) is 0 Å². The molecule has 0 saturated heterocycles. The summed E-state index contributed by atoms with van der Waals surface area (Å²) in [7, 11) is 0. The van der Waals surface area contributed by atoms with Crippen LogP contribution in [0.3, 0.4) is 0 Å². The molecule has 0 aliphatic heterocycles. The number of amides is 2. The zero-order valence-electron chi connectivity index (χ0n) is 16.8. The Kier molecular flexibility index (Phi) is 5.16. The molecule has 1 saturated carbocycles. The van der Waals surface area contributed by atoms with Gasteiger partial charge in [0.05, 0.1) is 23.0 Å². The number of nitrogens with two attached hydrogens (primary N) is 1. The van der Waals surface area contributed by atoms with Crippen LogP contribution in [0.15, 0.2) is 48.7 Å². The van der Waals surface area contributed by atoms with Crippen LogP contribution >= 0.6 is 0 Å². The third kappa shape index (κ3) is 4.25. The molecule has 1 heterocycles. The predicted molar refractivity (Wildman–Crippen MR) is 115 cm³/mol. The Morgan fingerprint density at radius 1 is 1.13 bits per heavy atom. The third-order valence-electron chi connectivity index (χ3n) is 5.03. The summed E-state index contributed by atoms with van der Waals surface area (Å²) >= 11 is 0. The maximum atomic E-state index is 12.9. The van der Waals surface area contributed by atoms with E-state index in [1.165, 1.54) is 35.1 Å². The quantitative estimate of drug-likeness (QED) is 0.453. The van der Waals surface area contributed by atoms with Crippen LogP contribution < -0.4 is 16.4 Å². The Balaban J connectivity index is 1.62. The van der Waals surface area contributed by atoms with Crippen molar-refractivity contribution in [1.29, 1.82) is 0 Å². The molecule has 0 spiro atoms. The summed E-state index contributed by atoms with van der Waals surface area (Å²) in [4.78, 5) is 36.1. The fourth-order valence-corrected chi connectivity index (χ4v) is 3.17. The third-order valence-corrected chi connectivity index (χ3v) is 5.03. The molecular weight excluding hydrogens is 398 g/mol. The molecule has 2 amide bonds. The van der Waals surface area contributed by atoms with Gasteiger partial charge in [0.1, 0.15) is 5.82 Å². The number of carbonyl (C=O) groups is 3. The average molecular weight is 419 g/mol. The Labute approximate surface area is 177 Å². The lowest BCUT2D eigenvalue weighted by molar-refractivity contribution is 0.0697. The summed E-state index contributed by atoms with van der Waals surface area (Å²) < 4.78 is 1.42. The number of aromatic nitrogens is 2. The van der Waals surface area contributed by atoms with Crippen LogP contribution in [0, 0.1) is 6.92 Å². The summed E-state index contributed by atoms with van der Waals surface area (Å²) in [6, 6.07) is 11.0. The molecule has 2 aromatic carbocycles. The van der Waals surface area contributed by atoms with Crippen LogP contribution in [0.2, 0.25) is 0 Å². The van der Waals surface area contributed by atoms with Crippen LogP contribution in [0.5, 0.6) is 0 Å². The molecule has 31 heavy (non-hydrogen) atoms. The second kappa shape index (κ2) is 7.94. The Morgan fingerprint density at radius 2 is 1.87 bits per heavy atom. The van der Waals surface area contributed by atoms with E-state index in [-0.39, 0.29) is 34.6 Å². The monoisotopic (exact) mass is 419 g/mol. The summed E-state index contributed by atoms with van der Waals surface area (Å²) in [6.07, 6.45) is 3.33. The van der Waals surface area contributed by atoms with Crippen molar-refractivity contribution in [3.63, 3.8) is 0 Å². The Bertz CT molecular complexity index is 1200. The number of rotatable bonds is 6. The van der Waals surface area contributed by atoms with Crippen LogP contribution in [0.4, 0.5) is 16.3 Å². The van der Waals surface area contributed by atoms with Crippen LogP contribution in [-0.2, 0) is 0 Å². The Morgan fingerprint density at radius 3 is 2.58 bits per heavy atom. The number of carboxylic acids is 1. The zero-order chi connectivity index (χ0) is 22.1. The van der Waals surface area contributed by atoms with Gasteiger partial charge in [-0.3, -0.25) is 4.79 Å². The highest BCUT2D eigenvalue weighted by Crippen LogP contribution is 2.25. The first kappa shape index (κ1) is 20.1. The number of benzene rings is 2. The second-order valence-corrected chi connectivity index (χ2v) is 7.44. The number of aromatic carboxylic acids is 1. The molecule has 9 heteroatoms. The normalized spacial score (nSPS) is 12.9. The number of hydrogen-bond donors (Lipinski definition) is 4. The molecule has 5 N–H and O–H groups in total. The van der Waals surface area contributed by atoms with E-state index in [1.807, 2.05) is 13.0 Å². The number of carboxylic acid groups (broad SMARTS) is 1. The minimum Gasteiger partial charge on any atom is -0.478 e. The lowest BCUT2D eigenvalue weighted by Crippen LogP contribution is -2.30. The highest BCUT2D eigenvalue weighted by molar-refractivity contribution is 6.12. The van der Waals surface area contributed by atoms with Gasteiger partial charge in [-0.25, -0.2) is 14.3 Å². The number of urea groups is 1. The van der Waals surface area contributed by atoms with Crippen molar-refractivity contribution in [1.82, 2.24) is 15.1 Å². The van der Waals surface area contributed by atoms with Gasteiger partial charge in [0.2, 0.25) is 0 Å². The van der Waals surface area contributed by atoms with Crippen LogP contribution in [0.1, 0.15) is 44.7 Å². The van der Waals surface area contributed by atoms with E-state index in [0.717, 1.165) is 18.4 Å². The number of carbonyl (C=O) groups excluding carboxylic acids is 2. The lowest BCUT2D eigenvalue weighted by Gasteiger charge is -2.12. The number of ketones is 1. The molecule has 3 aromatic rings. The first-order chi connectivity index (χ1) is 14.8. The molecule has 1 aromatic heterocycles. The first-order valence-electron chi connectivity index (χ1n) is 9.73. The number of nitrogen functional groups attached to an aromatic ring is 1. The molecule has 158 valence electrons. The van der Waals surface area contributed by atoms with Crippen molar-refractivity contribution in [2.24, 2.45) is 0 Å². The molecular formula is C22H21N5O4. The van der Waals surface area contributed by atoms with Gasteiger partial charge in [-0.05, 0) is 49.6 Å². The predicted octanol–water partition coefficient (Wildman–Crippen LogP) is 2.98. The van der Waals surface area contributed by atoms with Gasteiger partial charge < -0.3 is 21.5 Å². The number of hydrogen-bond acceptors (Lipinski definition) is 5. The van der Waals surface area contributed by atoms with E-state index in [1.54, 1.807) is 12.1 Å². The maximum absolute atomic E-state index is 12.9. The summed E-state index contributed by atoms with van der Waals surface area (Å²) in [5.74, 6) is -1.43. The highest BCUT2D eigenvalue weighted by Gasteiger charge is 2.23. The SMILES string of the molecule is Cc1ccc(NC(=O)NC2CC2)cc1-n1ncc(C(=O)c2cccc(C(=O)O)c2)c1N. The molecule has 1 fully saturated rings. The van der Waals surface area contributed by atoms with E-state index in [2.05, 4.69) is 15.7 Å². The van der Waals surface area contributed by atoms with Crippen molar-refractivity contribution in [2.75, 3.05) is 11.1 Å². The molecule has 0 atom stereocenters. The van der Waals surface area contributed by atoms with Crippen molar-refractivity contribution in [3.8, 4) is 5.69 Å². The topological polar surface area (TPSA) is 139 Å². The van der Waals surface area contributed by atoms with E-state index >= 15 is 0 Å². The summed E-state index contributed by atoms with van der Waals surface area (Å²) in [5, 5.41) is 19.0. The molecule has 1 aliphatic rings. The number of nitrogens with one attached hydrogen (secondary N) is 2. The average Bonchev–Trinajstić information content (AvgIpc) is 3.48. The standard InChI is InChI=1S/C22H21N5O4/c1-12-5-6-16(26-22(31)25-15-7-8-15)10-18(12)27-20(23)17(11-24-27)19(28)13-3-2-4-14(9-13)21(29)30/h2-6,9-11,15H,7-8,23H2,1H3,(H,29,30)(H2,25,26,31). The van der Waals surface area contributed by atoms with Crippen molar-refractivity contribution < 1.29 is 19.5 Å².